The molecular formula is C103H119BBrCl2N15O5. The maximum atomic E-state index is 6.11. The number of likely N-dealkylation sites (tertiary alicyclic amines) is 3. The van der Waals surface area contributed by atoms with Gasteiger partial charge < -0.3 is 44.0 Å². The highest BCUT2D eigenvalue weighted by Crippen LogP contribution is 2.38. The van der Waals surface area contributed by atoms with Crippen molar-refractivity contribution < 1.29 is 23.5 Å². The lowest BCUT2D eigenvalue weighted by Gasteiger charge is -2.32. The number of ether oxygens (including phenoxy) is 3. The number of hydrogen-bond acceptors (Lipinski definition) is 17. The number of rotatable bonds is 17. The highest BCUT2D eigenvalue weighted by molar-refractivity contribution is 9.10. The first-order valence-corrected chi connectivity index (χ1v) is 45.7. The van der Waals surface area contributed by atoms with Crippen LogP contribution in [0.1, 0.15) is 129 Å². The Labute approximate surface area is 767 Å². The highest BCUT2D eigenvalue weighted by atomic mass is 79.9. The molecule has 20 nitrogen and oxygen atoms in total. The molecule has 5 aliphatic heterocycles. The number of hydrogen-bond donors (Lipinski definition) is 1. The molecule has 24 heteroatoms. The Bertz CT molecular complexity index is 6030. The van der Waals surface area contributed by atoms with Gasteiger partial charge in [0.05, 0.1) is 81.5 Å². The molecule has 0 atom stereocenters. The smallest absolute Gasteiger partial charge is 0.494 e. The molecule has 4 saturated heterocycles. The van der Waals surface area contributed by atoms with Gasteiger partial charge in [0, 0.05) is 89.5 Å². The summed E-state index contributed by atoms with van der Waals surface area (Å²) in [5.41, 5.74) is 28.4. The first kappa shape index (κ1) is 92.7. The quantitative estimate of drug-likeness (QED) is 0.0843. The minimum atomic E-state index is -0.330. The third kappa shape index (κ3) is 24.3. The van der Waals surface area contributed by atoms with Gasteiger partial charge in [0.15, 0.2) is 16.9 Å². The zero-order chi connectivity index (χ0) is 89.5. The van der Waals surface area contributed by atoms with Crippen LogP contribution in [-0.2, 0) is 48.3 Å². The second kappa shape index (κ2) is 42.6. The van der Waals surface area contributed by atoms with Crippen LogP contribution in [0.2, 0.25) is 10.0 Å². The fourth-order valence-electron chi connectivity index (χ4n) is 16.6. The van der Waals surface area contributed by atoms with E-state index in [0.717, 1.165) is 141 Å². The van der Waals surface area contributed by atoms with Crippen LogP contribution < -0.4 is 25.4 Å². The molecule has 0 saturated carbocycles. The van der Waals surface area contributed by atoms with Crippen LogP contribution in [0.3, 0.4) is 0 Å². The van der Waals surface area contributed by atoms with Crippen molar-refractivity contribution in [1.82, 2.24) is 64.0 Å². The van der Waals surface area contributed by atoms with Crippen molar-refractivity contribution in [3.8, 4) is 50.6 Å². The second-order valence-corrected chi connectivity index (χ2v) is 37.0. The van der Waals surface area contributed by atoms with E-state index in [-0.39, 0.29) is 18.3 Å². The zero-order valence-electron chi connectivity index (χ0n) is 75.8. The van der Waals surface area contributed by atoms with E-state index in [1.807, 2.05) is 183 Å². The highest BCUT2D eigenvalue weighted by Gasteiger charge is 2.51. The van der Waals surface area contributed by atoms with Crippen molar-refractivity contribution in [3.63, 3.8) is 0 Å². The molecule has 5 aliphatic rings. The number of nitrogens with two attached hydrogens (primary N) is 1. The van der Waals surface area contributed by atoms with Crippen molar-refractivity contribution in [2.24, 2.45) is 22.6 Å². The molecule has 0 unspecified atom stereocenters. The molecule has 0 spiro atoms. The van der Waals surface area contributed by atoms with Crippen molar-refractivity contribution in [1.29, 1.82) is 0 Å². The molecule has 14 aromatic rings. The molecule has 2 N–H and O–H groups in total. The third-order valence-electron chi connectivity index (χ3n) is 25.1. The van der Waals surface area contributed by atoms with Gasteiger partial charge in [-0.1, -0.05) is 132 Å². The van der Waals surface area contributed by atoms with E-state index in [1.54, 1.807) is 27.5 Å². The molecule has 127 heavy (non-hydrogen) atoms. The number of pyridine rings is 4. The lowest BCUT2D eigenvalue weighted by molar-refractivity contribution is 0.00578. The minimum Gasteiger partial charge on any atom is -0.497 e. The van der Waals surface area contributed by atoms with Gasteiger partial charge in [-0.2, -0.15) is 15.3 Å². The lowest BCUT2D eigenvalue weighted by Crippen LogP contribution is -2.41. The molecule has 0 amide bonds. The van der Waals surface area contributed by atoms with Crippen LogP contribution >= 0.6 is 39.1 Å². The maximum Gasteiger partial charge on any atom is 0.494 e. The van der Waals surface area contributed by atoms with E-state index in [2.05, 4.69) is 181 Å². The molecule has 0 radical (unpaired) electrons. The Morgan fingerprint density at radius 3 is 1.20 bits per heavy atom. The number of piperidine rings is 3. The first-order chi connectivity index (χ1) is 61.2. The SMILES string of the molecule is CC1(C)OB(c2cccc(Cl)c2)OC1(C)C.CC1=NCc2ncc(-c3cccc(CC4CCN(C)CC4)c3)cc21.CN1CCC(N)CC1.COc1ccc(Cn2nc(C)c3cc(-c4cccc(CC5CCN(C)CC5)c4)cnc32)cc1.COc1ccc(Cn2nc(C)c3cc(-c4cccc(Cl)c4)cnc32)cc1.COc1ccc(Cn2nc(C)c3cc(Br)cnc32)cc1. The summed E-state index contributed by atoms with van der Waals surface area (Å²) < 4.78 is 34.3. The van der Waals surface area contributed by atoms with Crippen LogP contribution in [0.5, 0.6) is 17.2 Å². The van der Waals surface area contributed by atoms with Gasteiger partial charge in [-0.25, -0.2) is 29.0 Å². The molecule has 7 aromatic carbocycles. The minimum absolute atomic E-state index is 0.306. The molecule has 0 aliphatic carbocycles. The first-order valence-electron chi connectivity index (χ1n) is 44.1. The Kier molecular flexibility index (Phi) is 31.1. The molecule has 7 aromatic heterocycles. The normalized spacial score (nSPS) is 15.9. The van der Waals surface area contributed by atoms with Crippen LogP contribution in [0.4, 0.5) is 0 Å². The number of benzene rings is 7. The largest absolute Gasteiger partial charge is 0.497 e. The summed E-state index contributed by atoms with van der Waals surface area (Å²) in [6.07, 6.45) is 17.6. The summed E-state index contributed by atoms with van der Waals surface area (Å²) in [6, 6.07) is 66.7. The van der Waals surface area contributed by atoms with E-state index in [4.69, 9.17) is 62.5 Å². The van der Waals surface area contributed by atoms with Gasteiger partial charge in [0.2, 0.25) is 0 Å². The molecule has 19 rings (SSSR count). The Morgan fingerprint density at radius 2 is 0.795 bits per heavy atom. The Hall–Kier alpha value is -10.5. The second-order valence-electron chi connectivity index (χ2n) is 35.2. The monoisotopic (exact) mass is 1810 g/mol. The van der Waals surface area contributed by atoms with Gasteiger partial charge in [0.25, 0.3) is 0 Å². The maximum absolute atomic E-state index is 6.11. The summed E-state index contributed by atoms with van der Waals surface area (Å²) in [4.78, 5) is 30.3. The number of fused-ring (bicyclic) bond motifs is 4. The number of aromatic nitrogens is 10. The summed E-state index contributed by atoms with van der Waals surface area (Å²) in [5.74, 6) is 4.18. The molecular weight excluding hydrogens is 1690 g/mol. The number of halogens is 3. The number of aryl methyl sites for hydroxylation is 3. The van der Waals surface area contributed by atoms with Crippen LogP contribution in [0, 0.1) is 32.6 Å². The number of aliphatic imine (C=N–C) groups is 1. The summed E-state index contributed by atoms with van der Waals surface area (Å²) in [6.45, 7) is 26.3. The average Bonchev–Trinajstić information content (AvgIpc) is 1.63. The van der Waals surface area contributed by atoms with Gasteiger partial charge in [-0.3, -0.25) is 9.98 Å². The zero-order valence-corrected chi connectivity index (χ0v) is 78.9. The number of nitrogens with zero attached hydrogens (tertiary/aromatic N) is 14. The van der Waals surface area contributed by atoms with Crippen LogP contribution in [0.25, 0.3) is 66.5 Å². The lowest BCUT2D eigenvalue weighted by atomic mass is 9.79. The van der Waals surface area contributed by atoms with E-state index >= 15 is 0 Å². The van der Waals surface area contributed by atoms with Gasteiger partial charge >= 0.3 is 7.12 Å². The average molecular weight is 1810 g/mol. The topological polar surface area (TPSA) is 199 Å². The van der Waals surface area contributed by atoms with Gasteiger partial charge in [0.1, 0.15) is 17.2 Å². The molecule has 4 fully saturated rings. The molecule has 660 valence electrons. The fourth-order valence-corrected chi connectivity index (χ4v) is 17.3. The van der Waals surface area contributed by atoms with Crippen molar-refractivity contribution >= 4 is 90.5 Å². The van der Waals surface area contributed by atoms with Crippen molar-refractivity contribution in [2.75, 3.05) is 81.7 Å². The number of methoxy groups -OCH3 is 3. The van der Waals surface area contributed by atoms with E-state index in [0.29, 0.717) is 30.7 Å². The summed E-state index contributed by atoms with van der Waals surface area (Å²) >= 11 is 15.5. The molecule has 0 bridgehead atoms. The Morgan fingerprint density at radius 1 is 0.425 bits per heavy atom. The van der Waals surface area contributed by atoms with Crippen LogP contribution in [-0.4, -0.2) is 176 Å². The van der Waals surface area contributed by atoms with Crippen molar-refractivity contribution in [3.05, 3.63) is 290 Å². The predicted octanol–water partition coefficient (Wildman–Crippen LogP) is 20.7. The summed E-state index contributed by atoms with van der Waals surface area (Å²) in [7, 11) is 11.3. The third-order valence-corrected chi connectivity index (χ3v) is 26.0. The predicted molar refractivity (Wildman–Crippen MR) is 522 cm³/mol. The van der Waals surface area contributed by atoms with E-state index in [9.17, 15) is 0 Å². The van der Waals surface area contributed by atoms with Crippen LogP contribution in [0.15, 0.2) is 228 Å². The van der Waals surface area contributed by atoms with Crippen molar-refractivity contribution in [2.45, 2.75) is 150 Å². The molecule has 12 heterocycles. The summed E-state index contributed by atoms with van der Waals surface area (Å²) in [5, 5.41) is 18.7. The van der Waals surface area contributed by atoms with Gasteiger partial charge in [-0.15, -0.1) is 0 Å². The Balaban J connectivity index is 0.000000128. The van der Waals surface area contributed by atoms with Gasteiger partial charge in [-0.05, 0) is 330 Å². The van der Waals surface area contributed by atoms with E-state index in [1.165, 1.54) is 129 Å². The standard InChI is InChI=1S/C28H32N4O.C21H18ClN3O.C21H25N3.C15H14BrN3O.C12H16BClO2.C6H14N2/c1-20-27-17-25(24-6-4-5-23(16-24)15-21-11-13-31(2)14-12-21)18-29-28(27)32(30-20)19-22-7-9-26(33-3)10-8-22;1-14-20-11-17(16-4-3-5-18(22)10-16)12-23-21(20)25(24-14)13-15-6-8-19(26-2)9-7-15;1-15-20-12-19(13-23-21(20)14-22-15)18-5-3-4-17(11-18)10-16-6-8-24(2)9-7-16;1-10-14-7-12(16)8-17-15(14)19(18-10)9-11-3-5-13(20-2)6-4-11;1-11(2)12(3,4)16-13(15-11)9-6-5-7-10(14)8-9;1-8-4-2-6(7)3-5-8/h4-10,16-18,21H,11-15,19H2,1-3H3;3-12H,13H2,1-2H3;3-5,11-13,16H,6-10,14H2,1-2H3;3-8H,9H2,1-2H3;5-8H,1-4H3;6H,2-5,7H2,1H3. The van der Waals surface area contributed by atoms with E-state index < -0.39 is 0 Å². The fraction of sp³-hybridized carbons (Fsp3) is 0.359.